The normalized spacial score (nSPS) is 12.2. The van der Waals surface area contributed by atoms with E-state index < -0.39 is 28.5 Å². The molecule has 0 fully saturated rings. The summed E-state index contributed by atoms with van der Waals surface area (Å²) in [4.78, 5) is 28.8. The maximum Gasteiger partial charge on any atom is 0.244 e. The molecule has 0 heterocycles. The van der Waals surface area contributed by atoms with Gasteiger partial charge in [0.25, 0.3) is 0 Å². The third kappa shape index (κ3) is 8.21. The smallest absolute Gasteiger partial charge is 0.244 e. The molecule has 3 aromatic rings. The summed E-state index contributed by atoms with van der Waals surface area (Å²) >= 11 is 12.4. The van der Waals surface area contributed by atoms with E-state index in [1.807, 2.05) is 44.2 Å². The molecule has 0 aromatic heterocycles. The summed E-state index contributed by atoms with van der Waals surface area (Å²) in [6.45, 7) is 3.22. The van der Waals surface area contributed by atoms with Gasteiger partial charge in [0.1, 0.15) is 12.6 Å². The highest BCUT2D eigenvalue weighted by atomic mass is 35.5. The van der Waals surface area contributed by atoms with Crippen molar-refractivity contribution in [1.82, 2.24) is 10.2 Å². The van der Waals surface area contributed by atoms with Crippen LogP contribution in [0.15, 0.2) is 78.9 Å². The molecule has 38 heavy (non-hydrogen) atoms. The Hall–Kier alpha value is -3.07. The van der Waals surface area contributed by atoms with Crippen LogP contribution in [-0.4, -0.2) is 50.0 Å². The Bertz CT molecular complexity index is 1350. The number of nitrogens with zero attached hydrogens (tertiary/aromatic N) is 2. The summed E-state index contributed by atoms with van der Waals surface area (Å²) in [5.41, 5.74) is 1.78. The van der Waals surface area contributed by atoms with E-state index in [2.05, 4.69) is 5.32 Å². The minimum atomic E-state index is -3.89. The Balaban J connectivity index is 2.06. The number of rotatable bonds is 11. The quantitative estimate of drug-likeness (QED) is 0.351. The van der Waals surface area contributed by atoms with Crippen molar-refractivity contribution in [2.75, 3.05) is 17.1 Å². The van der Waals surface area contributed by atoms with Crippen LogP contribution < -0.4 is 9.62 Å². The number of amides is 2. The van der Waals surface area contributed by atoms with Crippen molar-refractivity contribution in [2.24, 2.45) is 0 Å². The Morgan fingerprint density at radius 3 is 2.05 bits per heavy atom. The van der Waals surface area contributed by atoms with Gasteiger partial charge in [0.05, 0.1) is 17.0 Å². The van der Waals surface area contributed by atoms with Gasteiger partial charge < -0.3 is 10.2 Å². The zero-order valence-corrected chi connectivity index (χ0v) is 23.8. The van der Waals surface area contributed by atoms with E-state index in [1.54, 1.807) is 42.5 Å². The molecule has 0 aliphatic carbocycles. The summed E-state index contributed by atoms with van der Waals surface area (Å²) < 4.78 is 26.5. The number of hydrogen-bond acceptors (Lipinski definition) is 4. The molecule has 0 unspecified atom stereocenters. The first kappa shape index (κ1) is 29.5. The molecule has 0 aliphatic rings. The highest BCUT2D eigenvalue weighted by Crippen LogP contribution is 2.28. The SMILES string of the molecule is CC(C)NC(=O)[C@@H](Cc1ccccc1)N(Cc1ccc(Cl)cc1)C(=O)CN(c1ccccc1Cl)S(C)(=O)=O. The predicted octanol–water partition coefficient (Wildman–Crippen LogP) is 4.92. The topological polar surface area (TPSA) is 86.8 Å². The van der Waals surface area contributed by atoms with Crippen LogP contribution in [0.2, 0.25) is 10.0 Å². The lowest BCUT2D eigenvalue weighted by Crippen LogP contribution is -2.54. The summed E-state index contributed by atoms with van der Waals surface area (Å²) in [5, 5.41) is 3.63. The van der Waals surface area contributed by atoms with Gasteiger partial charge in [-0.3, -0.25) is 13.9 Å². The van der Waals surface area contributed by atoms with Crippen LogP contribution in [0.25, 0.3) is 0 Å². The summed E-state index contributed by atoms with van der Waals surface area (Å²) in [5.74, 6) is -0.889. The molecular formula is C28H31Cl2N3O4S. The van der Waals surface area contributed by atoms with Gasteiger partial charge in [0.15, 0.2) is 0 Å². The fourth-order valence-electron chi connectivity index (χ4n) is 3.97. The molecule has 0 spiro atoms. The van der Waals surface area contributed by atoms with Crippen LogP contribution in [0.5, 0.6) is 0 Å². The number of benzene rings is 3. The lowest BCUT2D eigenvalue weighted by Gasteiger charge is -2.34. The highest BCUT2D eigenvalue weighted by Gasteiger charge is 2.33. The van der Waals surface area contributed by atoms with Crippen molar-refractivity contribution in [3.8, 4) is 0 Å². The van der Waals surface area contributed by atoms with E-state index in [-0.39, 0.29) is 35.6 Å². The number of sulfonamides is 1. The van der Waals surface area contributed by atoms with Crippen LogP contribution in [0.1, 0.15) is 25.0 Å². The third-order valence-electron chi connectivity index (χ3n) is 5.77. The van der Waals surface area contributed by atoms with Crippen LogP contribution in [-0.2, 0) is 32.6 Å². The van der Waals surface area contributed by atoms with Crippen LogP contribution in [0.4, 0.5) is 5.69 Å². The average Bonchev–Trinajstić information content (AvgIpc) is 2.85. The van der Waals surface area contributed by atoms with Crippen molar-refractivity contribution in [1.29, 1.82) is 0 Å². The van der Waals surface area contributed by atoms with Crippen LogP contribution in [0.3, 0.4) is 0 Å². The maximum atomic E-state index is 13.9. The molecule has 0 bridgehead atoms. The Morgan fingerprint density at radius 1 is 0.868 bits per heavy atom. The van der Waals surface area contributed by atoms with E-state index in [0.29, 0.717) is 5.02 Å². The van der Waals surface area contributed by atoms with E-state index in [9.17, 15) is 18.0 Å². The zero-order chi connectivity index (χ0) is 27.9. The van der Waals surface area contributed by atoms with Gasteiger partial charge in [0, 0.05) is 24.0 Å². The largest absolute Gasteiger partial charge is 0.352 e. The Labute approximate surface area is 234 Å². The van der Waals surface area contributed by atoms with E-state index >= 15 is 0 Å². The number of anilines is 1. The molecule has 1 atom stereocenters. The highest BCUT2D eigenvalue weighted by molar-refractivity contribution is 7.92. The molecule has 3 rings (SSSR count). The number of para-hydroxylation sites is 1. The molecular weight excluding hydrogens is 545 g/mol. The first-order valence-corrected chi connectivity index (χ1v) is 14.7. The molecule has 7 nitrogen and oxygen atoms in total. The molecule has 0 saturated carbocycles. The lowest BCUT2D eigenvalue weighted by molar-refractivity contribution is -0.140. The second-order valence-corrected chi connectivity index (χ2v) is 12.0. The second kappa shape index (κ2) is 13.1. The minimum Gasteiger partial charge on any atom is -0.352 e. The van der Waals surface area contributed by atoms with Crippen LogP contribution >= 0.6 is 23.2 Å². The number of carbonyl (C=O) groups is 2. The van der Waals surface area contributed by atoms with Gasteiger partial charge in [-0.25, -0.2) is 8.42 Å². The zero-order valence-electron chi connectivity index (χ0n) is 21.5. The first-order valence-electron chi connectivity index (χ1n) is 12.1. The van der Waals surface area contributed by atoms with Gasteiger partial charge in [-0.05, 0) is 49.2 Å². The van der Waals surface area contributed by atoms with Crippen LogP contribution in [0, 0.1) is 0 Å². The van der Waals surface area contributed by atoms with E-state index in [0.717, 1.165) is 21.7 Å². The predicted molar refractivity (Wildman–Crippen MR) is 153 cm³/mol. The molecule has 1 N–H and O–H groups in total. The van der Waals surface area contributed by atoms with Gasteiger partial charge in [-0.2, -0.15) is 0 Å². The van der Waals surface area contributed by atoms with Crippen molar-refractivity contribution in [2.45, 2.75) is 38.9 Å². The first-order chi connectivity index (χ1) is 18.0. The summed E-state index contributed by atoms with van der Waals surface area (Å²) in [6, 6.07) is 21.6. The molecule has 0 saturated heterocycles. The van der Waals surface area contributed by atoms with E-state index in [4.69, 9.17) is 23.2 Å². The number of nitrogens with one attached hydrogen (secondary N) is 1. The molecule has 202 valence electrons. The van der Waals surface area contributed by atoms with Crippen molar-refractivity contribution in [3.63, 3.8) is 0 Å². The van der Waals surface area contributed by atoms with Crippen molar-refractivity contribution in [3.05, 3.63) is 100 Å². The molecule has 0 radical (unpaired) electrons. The third-order valence-corrected chi connectivity index (χ3v) is 7.47. The van der Waals surface area contributed by atoms with E-state index in [1.165, 1.54) is 11.0 Å². The number of carbonyl (C=O) groups excluding carboxylic acids is 2. The lowest BCUT2D eigenvalue weighted by atomic mass is 10.0. The fraction of sp³-hybridized carbons (Fsp3) is 0.286. The average molecular weight is 577 g/mol. The van der Waals surface area contributed by atoms with Crippen molar-refractivity contribution >= 4 is 50.7 Å². The number of hydrogen-bond donors (Lipinski definition) is 1. The molecule has 0 aliphatic heterocycles. The Morgan fingerprint density at radius 2 is 1.47 bits per heavy atom. The van der Waals surface area contributed by atoms with Gasteiger partial charge in [-0.15, -0.1) is 0 Å². The standard InChI is InChI=1S/C28H31Cl2N3O4S/c1-20(2)31-28(35)26(17-21-9-5-4-6-10-21)32(18-22-13-15-23(29)16-14-22)27(34)19-33(38(3,36)37)25-12-8-7-11-24(25)30/h4-16,20,26H,17-19H2,1-3H3,(H,31,35)/t26-/m1/s1. The molecule has 3 aromatic carbocycles. The van der Waals surface area contributed by atoms with Gasteiger partial charge in [0.2, 0.25) is 21.8 Å². The summed E-state index contributed by atoms with van der Waals surface area (Å²) in [7, 11) is -3.89. The monoisotopic (exact) mass is 575 g/mol. The maximum absolute atomic E-state index is 13.9. The number of halogens is 2. The molecule has 2 amide bonds. The van der Waals surface area contributed by atoms with Gasteiger partial charge in [-0.1, -0.05) is 77.8 Å². The second-order valence-electron chi connectivity index (χ2n) is 9.24. The fourth-order valence-corrected chi connectivity index (χ4v) is 5.25. The Kier molecular flexibility index (Phi) is 10.2. The van der Waals surface area contributed by atoms with Crippen molar-refractivity contribution < 1.29 is 18.0 Å². The van der Waals surface area contributed by atoms with Gasteiger partial charge >= 0.3 is 0 Å². The summed E-state index contributed by atoms with van der Waals surface area (Å²) in [6.07, 6.45) is 1.25. The minimum absolute atomic E-state index is 0.0686. The molecule has 10 heteroatoms.